The van der Waals surface area contributed by atoms with E-state index in [1.807, 2.05) is 36.4 Å². The van der Waals surface area contributed by atoms with E-state index in [1.54, 1.807) is 0 Å². The van der Waals surface area contributed by atoms with Gasteiger partial charge in [0.25, 0.3) is 0 Å². The van der Waals surface area contributed by atoms with E-state index < -0.39 is 0 Å². The summed E-state index contributed by atoms with van der Waals surface area (Å²) in [5.74, 6) is 0. The van der Waals surface area contributed by atoms with Crippen LogP contribution >= 0.6 is 54.5 Å². The molecule has 0 saturated heterocycles. The minimum absolute atomic E-state index is 0.701. The third-order valence-electron chi connectivity index (χ3n) is 4.74. The van der Waals surface area contributed by atoms with Gasteiger partial charge in [0.2, 0.25) is 0 Å². The monoisotopic (exact) mass is 606 g/mol. The lowest BCUT2D eigenvalue weighted by molar-refractivity contribution is 0.791. The van der Waals surface area contributed by atoms with Crippen molar-refractivity contribution in [2.75, 3.05) is 0 Å². The summed E-state index contributed by atoms with van der Waals surface area (Å²) >= 11 is 9.65. The standard InChI is InChI=1S/C21H13Br2IN4/c22-20-25-15-5-1-3-7-17(15)27(20)12-13-9-10-14(24)11-19(13)28-18-8-4-2-6-16(18)26-21(28)23/h1-11H,12H2. The highest BCUT2D eigenvalue weighted by molar-refractivity contribution is 14.1. The van der Waals surface area contributed by atoms with Crippen molar-refractivity contribution >= 4 is 76.5 Å². The van der Waals surface area contributed by atoms with Gasteiger partial charge in [0.1, 0.15) is 0 Å². The molecule has 0 atom stereocenters. The van der Waals surface area contributed by atoms with Gasteiger partial charge in [0.05, 0.1) is 34.3 Å². The first kappa shape index (κ1) is 18.3. The largest absolute Gasteiger partial charge is 0.314 e. The lowest BCUT2D eigenvalue weighted by Gasteiger charge is -2.15. The van der Waals surface area contributed by atoms with Crippen LogP contribution in [0.2, 0.25) is 0 Å². The first-order chi connectivity index (χ1) is 13.6. The number of para-hydroxylation sites is 4. The lowest BCUT2D eigenvalue weighted by Crippen LogP contribution is -2.06. The Kier molecular flexibility index (Phi) is 4.76. The predicted octanol–water partition coefficient (Wildman–Crippen LogP) is 6.55. The number of benzene rings is 3. The van der Waals surface area contributed by atoms with Crippen LogP contribution in [0.1, 0.15) is 5.56 Å². The third-order valence-corrected chi connectivity index (χ3v) is 6.55. The molecule has 0 spiro atoms. The third kappa shape index (κ3) is 3.09. The van der Waals surface area contributed by atoms with Crippen molar-refractivity contribution < 1.29 is 0 Å². The van der Waals surface area contributed by atoms with E-state index in [4.69, 9.17) is 0 Å². The van der Waals surface area contributed by atoms with E-state index >= 15 is 0 Å². The highest BCUT2D eigenvalue weighted by atomic mass is 127. The maximum atomic E-state index is 4.67. The first-order valence-corrected chi connectivity index (χ1v) is 11.3. The summed E-state index contributed by atoms with van der Waals surface area (Å²) in [4.78, 5) is 9.31. The molecule has 0 saturated carbocycles. The van der Waals surface area contributed by atoms with Crippen molar-refractivity contribution in [2.24, 2.45) is 0 Å². The van der Waals surface area contributed by atoms with E-state index in [0.717, 1.165) is 37.2 Å². The fourth-order valence-corrected chi connectivity index (χ4v) is 5.03. The molecule has 0 N–H and O–H groups in total. The lowest BCUT2D eigenvalue weighted by atomic mass is 10.1. The Morgan fingerprint density at radius 2 is 1.43 bits per heavy atom. The van der Waals surface area contributed by atoms with Crippen LogP contribution in [0.5, 0.6) is 0 Å². The summed E-state index contributed by atoms with van der Waals surface area (Å²) in [5.41, 5.74) is 6.43. The zero-order valence-electron chi connectivity index (χ0n) is 14.5. The van der Waals surface area contributed by atoms with Crippen LogP contribution in [-0.2, 0) is 6.54 Å². The topological polar surface area (TPSA) is 35.6 Å². The van der Waals surface area contributed by atoms with Gasteiger partial charge >= 0.3 is 0 Å². The molecular weight excluding hydrogens is 595 g/mol. The quantitative estimate of drug-likeness (QED) is 0.218. The minimum atomic E-state index is 0.701. The molecule has 3 aromatic carbocycles. The summed E-state index contributed by atoms with van der Waals surface area (Å²) in [6.07, 6.45) is 0. The van der Waals surface area contributed by atoms with Gasteiger partial charge in [0, 0.05) is 3.57 Å². The molecule has 0 fully saturated rings. The fraction of sp³-hybridized carbons (Fsp3) is 0.0476. The van der Waals surface area contributed by atoms with Crippen molar-refractivity contribution in [1.29, 1.82) is 0 Å². The summed E-state index contributed by atoms with van der Waals surface area (Å²) in [6, 6.07) is 22.9. The SMILES string of the molecule is Brc1nc2ccccc2n1Cc1ccc(I)cc1-n1c(Br)nc2ccccc21. The molecule has 5 rings (SSSR count). The van der Waals surface area contributed by atoms with Crippen LogP contribution in [0.25, 0.3) is 27.8 Å². The molecule has 0 radical (unpaired) electrons. The molecule has 28 heavy (non-hydrogen) atoms. The molecule has 2 heterocycles. The first-order valence-electron chi connectivity index (χ1n) is 8.64. The Morgan fingerprint density at radius 3 is 2.21 bits per heavy atom. The molecular formula is C21H13Br2IN4. The van der Waals surface area contributed by atoms with Gasteiger partial charge in [-0.25, -0.2) is 9.97 Å². The summed E-state index contributed by atoms with van der Waals surface area (Å²) in [7, 11) is 0. The smallest absolute Gasteiger partial charge is 0.182 e. The molecule has 138 valence electrons. The average Bonchev–Trinajstić information content (AvgIpc) is 3.19. The van der Waals surface area contributed by atoms with Crippen LogP contribution in [0.15, 0.2) is 76.2 Å². The maximum absolute atomic E-state index is 4.67. The molecule has 5 aromatic rings. The second-order valence-corrected chi connectivity index (χ2v) is 9.10. The average molecular weight is 608 g/mol. The molecule has 0 aliphatic heterocycles. The molecule has 2 aromatic heterocycles. The van der Waals surface area contributed by atoms with Crippen molar-refractivity contribution in [1.82, 2.24) is 19.1 Å². The Labute approximate surface area is 192 Å². The van der Waals surface area contributed by atoms with Gasteiger partial charge in [-0.3, -0.25) is 4.57 Å². The van der Waals surface area contributed by atoms with Gasteiger partial charge in [-0.2, -0.15) is 0 Å². The number of hydrogen-bond acceptors (Lipinski definition) is 2. The van der Waals surface area contributed by atoms with Crippen molar-refractivity contribution in [3.8, 4) is 5.69 Å². The highest BCUT2D eigenvalue weighted by Crippen LogP contribution is 2.30. The Morgan fingerprint density at radius 1 is 0.786 bits per heavy atom. The molecule has 4 nitrogen and oxygen atoms in total. The Balaban J connectivity index is 1.72. The zero-order valence-corrected chi connectivity index (χ0v) is 19.8. The second-order valence-electron chi connectivity index (χ2n) is 6.43. The number of imidazole rings is 2. The second kappa shape index (κ2) is 7.27. The molecule has 0 amide bonds. The van der Waals surface area contributed by atoms with Crippen LogP contribution < -0.4 is 0 Å². The van der Waals surface area contributed by atoms with Crippen LogP contribution in [-0.4, -0.2) is 19.1 Å². The summed E-state index contributed by atoms with van der Waals surface area (Å²) < 4.78 is 7.16. The number of aromatic nitrogens is 4. The van der Waals surface area contributed by atoms with E-state index in [0.29, 0.717) is 6.54 Å². The van der Waals surface area contributed by atoms with Crippen LogP contribution in [0.4, 0.5) is 0 Å². The van der Waals surface area contributed by atoms with Gasteiger partial charge in [-0.15, -0.1) is 0 Å². The maximum Gasteiger partial charge on any atom is 0.182 e. The minimum Gasteiger partial charge on any atom is -0.314 e. The fourth-order valence-electron chi connectivity index (χ4n) is 3.47. The van der Waals surface area contributed by atoms with Crippen molar-refractivity contribution in [3.63, 3.8) is 0 Å². The zero-order chi connectivity index (χ0) is 19.3. The number of fused-ring (bicyclic) bond motifs is 2. The van der Waals surface area contributed by atoms with E-state index in [-0.39, 0.29) is 0 Å². The van der Waals surface area contributed by atoms with Crippen molar-refractivity contribution in [3.05, 3.63) is 85.3 Å². The van der Waals surface area contributed by atoms with Gasteiger partial charge in [0.15, 0.2) is 9.47 Å². The van der Waals surface area contributed by atoms with Crippen LogP contribution in [0, 0.1) is 3.57 Å². The molecule has 0 aliphatic carbocycles. The normalized spacial score (nSPS) is 11.5. The molecule has 0 aliphatic rings. The van der Waals surface area contributed by atoms with Gasteiger partial charge in [-0.1, -0.05) is 30.3 Å². The Bertz CT molecular complexity index is 1340. The number of nitrogens with zero attached hydrogens (tertiary/aromatic N) is 4. The van der Waals surface area contributed by atoms with Crippen LogP contribution in [0.3, 0.4) is 0 Å². The van der Waals surface area contributed by atoms with Gasteiger partial charge in [-0.05, 0) is 96.4 Å². The Hall–Kier alpha value is -1.71. The van der Waals surface area contributed by atoms with E-state index in [1.165, 1.54) is 9.13 Å². The highest BCUT2D eigenvalue weighted by Gasteiger charge is 2.16. The molecule has 7 heteroatoms. The van der Waals surface area contributed by atoms with Gasteiger partial charge < -0.3 is 4.57 Å². The van der Waals surface area contributed by atoms with E-state index in [9.17, 15) is 0 Å². The number of hydrogen-bond donors (Lipinski definition) is 0. The number of rotatable bonds is 3. The van der Waals surface area contributed by atoms with E-state index in [2.05, 4.69) is 104 Å². The molecule has 0 bridgehead atoms. The molecule has 0 unspecified atom stereocenters. The number of halogens is 3. The summed E-state index contributed by atoms with van der Waals surface area (Å²) in [5, 5.41) is 0. The van der Waals surface area contributed by atoms with Crippen molar-refractivity contribution in [2.45, 2.75) is 6.54 Å². The summed E-state index contributed by atoms with van der Waals surface area (Å²) in [6.45, 7) is 0.701. The predicted molar refractivity (Wildman–Crippen MR) is 128 cm³/mol.